The summed E-state index contributed by atoms with van der Waals surface area (Å²) in [6, 6.07) is 4.05. The SMILES string of the molecule is CCCNc1ccnc(CN(C)C(C)(C)CO)c1. The van der Waals surface area contributed by atoms with Gasteiger partial charge in [0, 0.05) is 30.5 Å². The van der Waals surface area contributed by atoms with Crippen molar-refractivity contribution in [1.29, 1.82) is 0 Å². The summed E-state index contributed by atoms with van der Waals surface area (Å²) in [4.78, 5) is 6.48. The van der Waals surface area contributed by atoms with Gasteiger partial charge < -0.3 is 10.4 Å². The van der Waals surface area contributed by atoms with E-state index in [2.05, 4.69) is 28.2 Å². The molecule has 0 radical (unpaired) electrons. The normalized spacial score (nSPS) is 11.9. The van der Waals surface area contributed by atoms with Crippen molar-refractivity contribution >= 4 is 5.69 Å². The van der Waals surface area contributed by atoms with Crippen LogP contribution in [0.15, 0.2) is 18.3 Å². The van der Waals surface area contributed by atoms with Gasteiger partial charge in [-0.3, -0.25) is 9.88 Å². The van der Waals surface area contributed by atoms with E-state index in [9.17, 15) is 5.11 Å². The number of anilines is 1. The van der Waals surface area contributed by atoms with Gasteiger partial charge in [0.05, 0.1) is 12.3 Å². The minimum absolute atomic E-state index is 0.136. The Morgan fingerprint density at radius 3 is 2.78 bits per heavy atom. The third-order valence-electron chi connectivity index (χ3n) is 3.22. The molecule has 0 spiro atoms. The molecule has 102 valence electrons. The second-order valence-corrected chi connectivity index (χ2v) is 5.29. The van der Waals surface area contributed by atoms with Gasteiger partial charge in [-0.05, 0) is 39.4 Å². The first-order valence-electron chi connectivity index (χ1n) is 6.50. The average molecular weight is 251 g/mol. The molecule has 4 nitrogen and oxygen atoms in total. The van der Waals surface area contributed by atoms with Crippen molar-refractivity contribution in [2.24, 2.45) is 0 Å². The van der Waals surface area contributed by atoms with E-state index in [1.807, 2.05) is 33.2 Å². The van der Waals surface area contributed by atoms with Crippen molar-refractivity contribution in [3.8, 4) is 0 Å². The third-order valence-corrected chi connectivity index (χ3v) is 3.22. The first kappa shape index (κ1) is 14.9. The van der Waals surface area contributed by atoms with E-state index in [1.165, 1.54) is 0 Å². The van der Waals surface area contributed by atoms with Crippen LogP contribution in [-0.2, 0) is 6.54 Å². The van der Waals surface area contributed by atoms with Crippen LogP contribution in [0, 0.1) is 0 Å². The summed E-state index contributed by atoms with van der Waals surface area (Å²) in [5.74, 6) is 0. The molecular formula is C14H25N3O. The van der Waals surface area contributed by atoms with Crippen molar-refractivity contribution < 1.29 is 5.11 Å². The van der Waals surface area contributed by atoms with Gasteiger partial charge in [-0.15, -0.1) is 0 Å². The lowest BCUT2D eigenvalue weighted by atomic mass is 10.1. The molecule has 0 aliphatic heterocycles. The molecule has 0 aromatic carbocycles. The minimum Gasteiger partial charge on any atom is -0.394 e. The number of aliphatic hydroxyl groups excluding tert-OH is 1. The molecule has 4 heteroatoms. The van der Waals surface area contributed by atoms with E-state index in [4.69, 9.17) is 0 Å². The quantitative estimate of drug-likeness (QED) is 0.779. The highest BCUT2D eigenvalue weighted by Gasteiger charge is 2.22. The number of nitrogens with one attached hydrogen (secondary N) is 1. The summed E-state index contributed by atoms with van der Waals surface area (Å²) in [6.45, 7) is 8.03. The van der Waals surface area contributed by atoms with Crippen LogP contribution >= 0.6 is 0 Å². The smallest absolute Gasteiger partial charge is 0.0610 e. The van der Waals surface area contributed by atoms with Crippen molar-refractivity contribution in [2.45, 2.75) is 39.3 Å². The standard InChI is InChI=1S/C14H25N3O/c1-5-7-15-12-6-8-16-13(9-12)10-17(4)14(2,3)11-18/h6,8-9,18H,5,7,10-11H2,1-4H3,(H,15,16). The molecule has 0 amide bonds. The number of pyridine rings is 1. The third kappa shape index (κ3) is 4.27. The molecule has 1 heterocycles. The Balaban J connectivity index is 2.67. The number of nitrogens with zero attached hydrogens (tertiary/aromatic N) is 2. The van der Waals surface area contributed by atoms with E-state index in [1.54, 1.807) is 0 Å². The Hall–Kier alpha value is -1.13. The van der Waals surface area contributed by atoms with Crippen LogP contribution in [0.1, 0.15) is 32.9 Å². The van der Waals surface area contributed by atoms with Gasteiger partial charge in [-0.25, -0.2) is 0 Å². The van der Waals surface area contributed by atoms with Gasteiger partial charge in [0.25, 0.3) is 0 Å². The molecule has 1 aromatic rings. The van der Waals surface area contributed by atoms with Crippen molar-refractivity contribution in [3.05, 3.63) is 24.0 Å². The molecular weight excluding hydrogens is 226 g/mol. The van der Waals surface area contributed by atoms with Crippen molar-refractivity contribution in [3.63, 3.8) is 0 Å². The molecule has 0 saturated heterocycles. The molecule has 0 fully saturated rings. The molecule has 0 aliphatic carbocycles. The number of hydrogen-bond acceptors (Lipinski definition) is 4. The van der Waals surface area contributed by atoms with Gasteiger partial charge in [0.1, 0.15) is 0 Å². The number of hydrogen-bond donors (Lipinski definition) is 2. The summed E-state index contributed by atoms with van der Waals surface area (Å²) < 4.78 is 0. The van der Waals surface area contributed by atoms with E-state index < -0.39 is 0 Å². The fourth-order valence-electron chi connectivity index (χ4n) is 1.52. The summed E-state index contributed by atoms with van der Waals surface area (Å²) in [5, 5.41) is 12.7. The zero-order valence-corrected chi connectivity index (χ0v) is 11.9. The summed E-state index contributed by atoms with van der Waals surface area (Å²) in [6.07, 6.45) is 2.93. The van der Waals surface area contributed by atoms with Gasteiger partial charge >= 0.3 is 0 Å². The largest absolute Gasteiger partial charge is 0.394 e. The first-order chi connectivity index (χ1) is 8.49. The highest BCUT2D eigenvalue weighted by molar-refractivity contribution is 5.43. The maximum atomic E-state index is 9.34. The molecule has 0 bridgehead atoms. The van der Waals surface area contributed by atoms with Crippen LogP contribution in [0.3, 0.4) is 0 Å². The molecule has 1 aromatic heterocycles. The zero-order chi connectivity index (χ0) is 13.6. The van der Waals surface area contributed by atoms with Gasteiger partial charge in [-0.2, -0.15) is 0 Å². The van der Waals surface area contributed by atoms with Crippen molar-refractivity contribution in [2.75, 3.05) is 25.5 Å². The molecule has 0 atom stereocenters. The predicted molar refractivity (Wildman–Crippen MR) is 75.6 cm³/mol. The number of likely N-dealkylation sites (N-methyl/N-ethyl adjacent to an activating group) is 1. The summed E-state index contributed by atoms with van der Waals surface area (Å²) in [7, 11) is 2.00. The lowest BCUT2D eigenvalue weighted by molar-refractivity contribution is 0.0725. The van der Waals surface area contributed by atoms with Crippen LogP contribution < -0.4 is 5.32 Å². The van der Waals surface area contributed by atoms with Crippen LogP contribution in [0.5, 0.6) is 0 Å². The van der Waals surface area contributed by atoms with Crippen LogP contribution in [0.25, 0.3) is 0 Å². The molecule has 2 N–H and O–H groups in total. The van der Waals surface area contributed by atoms with E-state index in [0.717, 1.165) is 30.9 Å². The molecule has 0 aliphatic rings. The van der Waals surface area contributed by atoms with Gasteiger partial charge in [0.2, 0.25) is 0 Å². The number of aromatic nitrogens is 1. The van der Waals surface area contributed by atoms with Crippen LogP contribution in [-0.4, -0.2) is 40.7 Å². The summed E-state index contributed by atoms with van der Waals surface area (Å²) in [5.41, 5.74) is 1.89. The number of aliphatic hydroxyl groups is 1. The Morgan fingerprint density at radius 1 is 1.44 bits per heavy atom. The molecule has 0 unspecified atom stereocenters. The lowest BCUT2D eigenvalue weighted by Crippen LogP contribution is -2.43. The Kier molecular flexibility index (Phi) is 5.56. The number of rotatable bonds is 7. The Labute approximate surface area is 110 Å². The monoisotopic (exact) mass is 251 g/mol. The second kappa shape index (κ2) is 6.71. The van der Waals surface area contributed by atoms with E-state index in [0.29, 0.717) is 0 Å². The average Bonchev–Trinajstić information content (AvgIpc) is 2.36. The van der Waals surface area contributed by atoms with E-state index in [-0.39, 0.29) is 12.1 Å². The summed E-state index contributed by atoms with van der Waals surface area (Å²) >= 11 is 0. The van der Waals surface area contributed by atoms with E-state index >= 15 is 0 Å². The van der Waals surface area contributed by atoms with Crippen LogP contribution in [0.4, 0.5) is 5.69 Å². The maximum Gasteiger partial charge on any atom is 0.0610 e. The van der Waals surface area contributed by atoms with Crippen molar-refractivity contribution in [1.82, 2.24) is 9.88 Å². The van der Waals surface area contributed by atoms with Crippen LogP contribution in [0.2, 0.25) is 0 Å². The topological polar surface area (TPSA) is 48.4 Å². The lowest BCUT2D eigenvalue weighted by Gasteiger charge is -2.33. The maximum absolute atomic E-state index is 9.34. The Bertz CT molecular complexity index is 366. The second-order valence-electron chi connectivity index (χ2n) is 5.29. The zero-order valence-electron chi connectivity index (χ0n) is 11.9. The predicted octanol–water partition coefficient (Wildman–Crippen LogP) is 2.11. The fraction of sp³-hybridized carbons (Fsp3) is 0.643. The highest BCUT2D eigenvalue weighted by atomic mass is 16.3. The van der Waals surface area contributed by atoms with Gasteiger partial charge in [0.15, 0.2) is 0 Å². The molecule has 0 saturated carbocycles. The molecule has 18 heavy (non-hydrogen) atoms. The fourth-order valence-corrected chi connectivity index (χ4v) is 1.52. The Morgan fingerprint density at radius 2 is 2.17 bits per heavy atom. The first-order valence-corrected chi connectivity index (χ1v) is 6.50. The van der Waals surface area contributed by atoms with Gasteiger partial charge in [-0.1, -0.05) is 6.92 Å². The minimum atomic E-state index is -0.228. The highest BCUT2D eigenvalue weighted by Crippen LogP contribution is 2.16. The molecule has 1 rings (SSSR count).